The molecule has 5 heteroatoms. The number of nitrogens with one attached hydrogen (secondary N) is 2. The number of amides is 1. The number of pyridine rings is 1. The van der Waals surface area contributed by atoms with Gasteiger partial charge in [0, 0.05) is 11.3 Å². The Morgan fingerprint density at radius 1 is 1.07 bits per heavy atom. The summed E-state index contributed by atoms with van der Waals surface area (Å²) < 4.78 is 13.2. The van der Waals surface area contributed by atoms with Crippen molar-refractivity contribution in [3.8, 4) is 0 Å². The number of carbonyl (C=O) groups excluding carboxylic acids is 1. The van der Waals surface area contributed by atoms with Crippen LogP contribution in [0.25, 0.3) is 0 Å². The lowest BCUT2D eigenvalue weighted by atomic mass is 9.98. The van der Waals surface area contributed by atoms with E-state index < -0.39 is 5.82 Å². The van der Waals surface area contributed by atoms with Gasteiger partial charge in [-0.15, -0.1) is 0 Å². The topological polar surface area (TPSA) is 54.0 Å². The van der Waals surface area contributed by atoms with Crippen molar-refractivity contribution in [3.05, 3.63) is 83.3 Å². The summed E-state index contributed by atoms with van der Waals surface area (Å²) in [4.78, 5) is 16.6. The van der Waals surface area contributed by atoms with E-state index in [1.807, 2.05) is 6.07 Å². The smallest absolute Gasteiger partial charge is 0.255 e. The Morgan fingerprint density at radius 2 is 1.85 bits per heavy atom. The largest absolute Gasteiger partial charge is 0.340 e. The van der Waals surface area contributed by atoms with Crippen LogP contribution in [-0.4, -0.2) is 10.9 Å². The molecule has 4 nitrogen and oxygen atoms in total. The molecule has 1 heterocycles. The molecule has 0 aliphatic rings. The summed E-state index contributed by atoms with van der Waals surface area (Å²) in [6, 6.07) is 15.3. The lowest BCUT2D eigenvalue weighted by molar-refractivity contribution is 0.102. The fourth-order valence-electron chi connectivity index (χ4n) is 2.85. The molecule has 0 radical (unpaired) electrons. The maximum absolute atomic E-state index is 13.2. The zero-order valence-electron chi connectivity index (χ0n) is 15.6. The van der Waals surface area contributed by atoms with Crippen molar-refractivity contribution in [2.24, 2.45) is 0 Å². The third-order valence-corrected chi connectivity index (χ3v) is 4.29. The fraction of sp³-hybridized carbons (Fsp3) is 0.182. The molecule has 2 aromatic carbocycles. The Kier molecular flexibility index (Phi) is 5.50. The molecule has 0 saturated carbocycles. The van der Waals surface area contributed by atoms with Gasteiger partial charge in [-0.2, -0.15) is 0 Å². The van der Waals surface area contributed by atoms with Gasteiger partial charge in [0.1, 0.15) is 11.6 Å². The lowest BCUT2D eigenvalue weighted by Gasteiger charge is -2.17. The molecule has 0 fully saturated rings. The second-order valence-corrected chi connectivity index (χ2v) is 6.72. The first kappa shape index (κ1) is 18.6. The van der Waals surface area contributed by atoms with E-state index in [1.54, 1.807) is 24.4 Å². The van der Waals surface area contributed by atoms with Gasteiger partial charge in [-0.25, -0.2) is 9.37 Å². The maximum Gasteiger partial charge on any atom is 0.255 e. The van der Waals surface area contributed by atoms with E-state index in [2.05, 4.69) is 48.5 Å². The van der Waals surface area contributed by atoms with Crippen molar-refractivity contribution in [2.45, 2.75) is 26.7 Å². The SMILES string of the molecule is Cc1cccc(C(C)C)c1Nc1ccc(NC(=O)c2cccc(F)c2)cn1. The van der Waals surface area contributed by atoms with Crippen molar-refractivity contribution in [2.75, 3.05) is 10.6 Å². The molecule has 27 heavy (non-hydrogen) atoms. The number of nitrogens with zero attached hydrogens (tertiary/aromatic N) is 1. The number of benzene rings is 2. The van der Waals surface area contributed by atoms with Crippen LogP contribution >= 0.6 is 0 Å². The zero-order valence-corrected chi connectivity index (χ0v) is 15.6. The molecule has 3 aromatic rings. The summed E-state index contributed by atoms with van der Waals surface area (Å²) in [7, 11) is 0. The average Bonchev–Trinajstić information content (AvgIpc) is 2.64. The first-order valence-electron chi connectivity index (χ1n) is 8.83. The highest BCUT2D eigenvalue weighted by atomic mass is 19.1. The Balaban J connectivity index is 1.74. The highest BCUT2D eigenvalue weighted by Crippen LogP contribution is 2.29. The van der Waals surface area contributed by atoms with Gasteiger partial charge in [0.05, 0.1) is 11.9 Å². The summed E-state index contributed by atoms with van der Waals surface area (Å²) in [5.41, 5.74) is 4.23. The van der Waals surface area contributed by atoms with Gasteiger partial charge in [0.25, 0.3) is 5.91 Å². The number of aromatic nitrogens is 1. The minimum atomic E-state index is -0.445. The van der Waals surface area contributed by atoms with Gasteiger partial charge in [-0.05, 0) is 54.3 Å². The van der Waals surface area contributed by atoms with Gasteiger partial charge < -0.3 is 10.6 Å². The minimum absolute atomic E-state index is 0.263. The van der Waals surface area contributed by atoms with E-state index in [0.29, 0.717) is 17.4 Å². The number of rotatable bonds is 5. The summed E-state index contributed by atoms with van der Waals surface area (Å²) in [6.07, 6.45) is 1.58. The second kappa shape index (κ2) is 7.99. The second-order valence-electron chi connectivity index (χ2n) is 6.72. The van der Waals surface area contributed by atoms with Crippen molar-refractivity contribution in [3.63, 3.8) is 0 Å². The Hall–Kier alpha value is -3.21. The third kappa shape index (κ3) is 4.50. The molecule has 0 bridgehead atoms. The van der Waals surface area contributed by atoms with Gasteiger partial charge >= 0.3 is 0 Å². The molecule has 0 aliphatic carbocycles. The van der Waals surface area contributed by atoms with E-state index in [9.17, 15) is 9.18 Å². The molecular weight excluding hydrogens is 341 g/mol. The predicted octanol–water partition coefficient (Wildman–Crippen LogP) is 5.65. The van der Waals surface area contributed by atoms with E-state index in [1.165, 1.54) is 23.8 Å². The number of halogens is 1. The van der Waals surface area contributed by atoms with Crippen molar-refractivity contribution >= 4 is 23.1 Å². The monoisotopic (exact) mass is 363 g/mol. The van der Waals surface area contributed by atoms with E-state index in [0.717, 1.165) is 11.3 Å². The van der Waals surface area contributed by atoms with Gasteiger partial charge in [-0.1, -0.05) is 38.1 Å². The van der Waals surface area contributed by atoms with E-state index in [4.69, 9.17) is 0 Å². The van der Waals surface area contributed by atoms with Crippen LogP contribution in [0.3, 0.4) is 0 Å². The van der Waals surface area contributed by atoms with Crippen molar-refractivity contribution in [1.29, 1.82) is 0 Å². The molecule has 0 aliphatic heterocycles. The molecule has 0 spiro atoms. The van der Waals surface area contributed by atoms with E-state index in [-0.39, 0.29) is 11.5 Å². The van der Waals surface area contributed by atoms with Crippen molar-refractivity contribution < 1.29 is 9.18 Å². The molecule has 0 atom stereocenters. The summed E-state index contributed by atoms with van der Waals surface area (Å²) in [5.74, 6) is 0.254. The standard InChI is InChI=1S/C22H22FN3O/c1-14(2)19-9-4-6-15(3)21(19)26-20-11-10-18(13-24-20)25-22(27)16-7-5-8-17(23)12-16/h4-14H,1-3H3,(H,24,26)(H,25,27). The molecule has 1 aromatic heterocycles. The number of para-hydroxylation sites is 1. The zero-order chi connectivity index (χ0) is 19.4. The van der Waals surface area contributed by atoms with Gasteiger partial charge in [0.15, 0.2) is 0 Å². The molecular formula is C22H22FN3O. The first-order chi connectivity index (χ1) is 12.9. The van der Waals surface area contributed by atoms with Crippen LogP contribution in [0.4, 0.5) is 21.6 Å². The van der Waals surface area contributed by atoms with Crippen molar-refractivity contribution in [1.82, 2.24) is 4.98 Å². The highest BCUT2D eigenvalue weighted by molar-refractivity contribution is 6.04. The Morgan fingerprint density at radius 3 is 2.52 bits per heavy atom. The minimum Gasteiger partial charge on any atom is -0.340 e. The Bertz CT molecular complexity index is 952. The molecule has 2 N–H and O–H groups in total. The van der Waals surface area contributed by atoms with Crippen LogP contribution in [0.2, 0.25) is 0 Å². The average molecular weight is 363 g/mol. The first-order valence-corrected chi connectivity index (χ1v) is 8.83. The van der Waals surface area contributed by atoms with Gasteiger partial charge in [0.2, 0.25) is 0 Å². The number of anilines is 3. The summed E-state index contributed by atoms with van der Waals surface area (Å²) >= 11 is 0. The number of aryl methyl sites for hydroxylation is 1. The number of hydrogen-bond acceptors (Lipinski definition) is 3. The quantitative estimate of drug-likeness (QED) is 0.616. The van der Waals surface area contributed by atoms with Crippen LogP contribution in [0.5, 0.6) is 0 Å². The molecule has 3 rings (SSSR count). The molecule has 0 saturated heterocycles. The summed E-state index contributed by atoms with van der Waals surface area (Å²) in [5, 5.41) is 6.09. The van der Waals surface area contributed by atoms with Crippen LogP contribution in [0, 0.1) is 12.7 Å². The molecule has 0 unspecified atom stereocenters. The Labute approximate surface area is 158 Å². The normalized spacial score (nSPS) is 10.7. The van der Waals surface area contributed by atoms with Crippen LogP contribution in [0.15, 0.2) is 60.8 Å². The number of hydrogen-bond donors (Lipinski definition) is 2. The summed E-state index contributed by atoms with van der Waals surface area (Å²) in [6.45, 7) is 6.36. The predicted molar refractivity (Wildman–Crippen MR) is 107 cm³/mol. The molecule has 1 amide bonds. The van der Waals surface area contributed by atoms with Crippen LogP contribution in [-0.2, 0) is 0 Å². The maximum atomic E-state index is 13.2. The van der Waals surface area contributed by atoms with E-state index >= 15 is 0 Å². The number of carbonyl (C=O) groups is 1. The molecule has 138 valence electrons. The van der Waals surface area contributed by atoms with Crippen LogP contribution < -0.4 is 10.6 Å². The highest BCUT2D eigenvalue weighted by Gasteiger charge is 2.11. The third-order valence-electron chi connectivity index (χ3n) is 4.29. The fourth-order valence-corrected chi connectivity index (χ4v) is 2.85. The van der Waals surface area contributed by atoms with Gasteiger partial charge in [-0.3, -0.25) is 4.79 Å². The lowest BCUT2D eigenvalue weighted by Crippen LogP contribution is -2.12. The van der Waals surface area contributed by atoms with Crippen LogP contribution in [0.1, 0.15) is 41.3 Å².